The highest BCUT2D eigenvalue weighted by Crippen LogP contribution is 2.40. The van der Waals surface area contributed by atoms with E-state index in [9.17, 15) is 4.79 Å². The third-order valence-corrected chi connectivity index (χ3v) is 6.93. The number of rotatable bonds is 15. The second-order valence-electron chi connectivity index (χ2n) is 10.9. The monoisotopic (exact) mass is 447 g/mol. The largest absolute Gasteiger partial charge is 0.493 e. The minimum atomic E-state index is -0.391. The van der Waals surface area contributed by atoms with E-state index in [-0.39, 0.29) is 23.2 Å². The fraction of sp³-hybridized carbons (Fsp3) is 0.750. The molecule has 4 nitrogen and oxygen atoms in total. The van der Waals surface area contributed by atoms with Gasteiger partial charge in [-0.2, -0.15) is 0 Å². The number of aryl methyl sites for hydroxylation is 1. The summed E-state index contributed by atoms with van der Waals surface area (Å²) >= 11 is 0. The molecule has 0 saturated heterocycles. The van der Waals surface area contributed by atoms with Crippen LogP contribution in [0.1, 0.15) is 98.1 Å². The van der Waals surface area contributed by atoms with Gasteiger partial charge >= 0.3 is 0 Å². The van der Waals surface area contributed by atoms with Gasteiger partial charge in [-0.3, -0.25) is 4.79 Å². The van der Waals surface area contributed by atoms with Crippen LogP contribution in [0.15, 0.2) is 18.2 Å². The highest BCUT2D eigenvalue weighted by Gasteiger charge is 2.42. The molecule has 0 aliphatic carbocycles. The lowest BCUT2D eigenvalue weighted by molar-refractivity contribution is -0.134. The Hall–Kier alpha value is -1.55. The van der Waals surface area contributed by atoms with Gasteiger partial charge in [-0.05, 0) is 53.7 Å². The second kappa shape index (κ2) is 13.2. The van der Waals surface area contributed by atoms with Gasteiger partial charge in [-0.1, -0.05) is 79.9 Å². The first kappa shape index (κ1) is 28.5. The van der Waals surface area contributed by atoms with Gasteiger partial charge in [-0.25, -0.2) is 0 Å². The van der Waals surface area contributed by atoms with E-state index in [1.165, 1.54) is 11.1 Å². The molecule has 0 spiro atoms. The average Bonchev–Trinajstić information content (AvgIpc) is 2.69. The first-order chi connectivity index (χ1) is 15.0. The van der Waals surface area contributed by atoms with Gasteiger partial charge in [0, 0.05) is 20.1 Å². The maximum absolute atomic E-state index is 12.3. The lowest BCUT2D eigenvalue weighted by atomic mass is 9.65. The summed E-state index contributed by atoms with van der Waals surface area (Å²) in [6, 6.07) is 6.70. The number of carbonyl (C=O) groups excluding carboxylic acids is 1. The summed E-state index contributed by atoms with van der Waals surface area (Å²) in [7, 11) is 1.72. The number of primary amides is 1. The molecule has 0 aromatic heterocycles. The number of benzene rings is 1. The molecule has 0 saturated carbocycles. The molecule has 32 heavy (non-hydrogen) atoms. The van der Waals surface area contributed by atoms with E-state index in [0.29, 0.717) is 6.61 Å². The molecule has 1 aromatic carbocycles. The number of methoxy groups -OCH3 is 1. The van der Waals surface area contributed by atoms with Gasteiger partial charge in [0.1, 0.15) is 5.75 Å². The number of hydrogen-bond donors (Lipinski definition) is 1. The molecule has 1 rings (SSSR count). The molecule has 0 atom stereocenters. The Balaban J connectivity index is 2.62. The first-order valence-corrected chi connectivity index (χ1v) is 12.5. The van der Waals surface area contributed by atoms with Crippen LogP contribution in [-0.4, -0.2) is 26.2 Å². The van der Waals surface area contributed by atoms with Crippen LogP contribution >= 0.6 is 0 Å². The minimum Gasteiger partial charge on any atom is -0.493 e. The van der Waals surface area contributed by atoms with E-state index in [0.717, 1.165) is 57.3 Å². The molecule has 4 heteroatoms. The van der Waals surface area contributed by atoms with Crippen molar-refractivity contribution in [2.75, 3.05) is 20.3 Å². The number of hydrogen-bond acceptors (Lipinski definition) is 3. The Morgan fingerprint density at radius 1 is 0.938 bits per heavy atom. The van der Waals surface area contributed by atoms with Crippen molar-refractivity contribution in [1.29, 1.82) is 0 Å². The molecule has 0 aliphatic rings. The Bertz CT molecular complexity index is 680. The standard InChI is InChI=1S/C28H49NO3/c1-21(2)28(22(3)4,26(29)30)17-12-10-9-11-14-23-15-16-24(27(5,6)7)25(20-23)32-19-13-18-31-8/h15-16,20-22H,9-14,17-19H2,1-8H3,(H2,29,30). The highest BCUT2D eigenvalue weighted by molar-refractivity contribution is 5.81. The van der Waals surface area contributed by atoms with Crippen LogP contribution < -0.4 is 10.5 Å². The number of nitrogens with two attached hydrogens (primary N) is 1. The zero-order chi connectivity index (χ0) is 24.4. The Morgan fingerprint density at radius 3 is 2.09 bits per heavy atom. The number of carbonyl (C=O) groups is 1. The summed E-state index contributed by atoms with van der Waals surface area (Å²) in [5.41, 5.74) is 8.08. The molecule has 184 valence electrons. The predicted octanol–water partition coefficient (Wildman–Crippen LogP) is 6.68. The Morgan fingerprint density at radius 2 is 1.56 bits per heavy atom. The van der Waals surface area contributed by atoms with Crippen LogP contribution in [0, 0.1) is 17.3 Å². The van der Waals surface area contributed by atoms with Crippen molar-refractivity contribution in [1.82, 2.24) is 0 Å². The quantitative estimate of drug-likeness (QED) is 0.305. The second-order valence-corrected chi connectivity index (χ2v) is 10.9. The third kappa shape index (κ3) is 8.10. The van der Waals surface area contributed by atoms with Crippen molar-refractivity contribution in [3.63, 3.8) is 0 Å². The molecule has 0 aliphatic heterocycles. The molecule has 1 aromatic rings. The molecule has 0 unspecified atom stereocenters. The molecular formula is C28H49NO3. The van der Waals surface area contributed by atoms with E-state index >= 15 is 0 Å². The van der Waals surface area contributed by atoms with Gasteiger partial charge in [-0.15, -0.1) is 0 Å². The van der Waals surface area contributed by atoms with Gasteiger partial charge in [0.15, 0.2) is 0 Å². The van der Waals surface area contributed by atoms with E-state index < -0.39 is 5.41 Å². The fourth-order valence-corrected chi connectivity index (χ4v) is 4.88. The van der Waals surface area contributed by atoms with Gasteiger partial charge < -0.3 is 15.2 Å². The van der Waals surface area contributed by atoms with Crippen molar-refractivity contribution in [2.45, 2.75) is 98.8 Å². The minimum absolute atomic E-state index is 0.0505. The van der Waals surface area contributed by atoms with Gasteiger partial charge in [0.2, 0.25) is 5.91 Å². The van der Waals surface area contributed by atoms with Crippen LogP contribution in [0.2, 0.25) is 0 Å². The average molecular weight is 448 g/mol. The highest BCUT2D eigenvalue weighted by atomic mass is 16.5. The van der Waals surface area contributed by atoms with E-state index in [4.69, 9.17) is 15.2 Å². The molecule has 1 amide bonds. The third-order valence-electron chi connectivity index (χ3n) is 6.93. The first-order valence-electron chi connectivity index (χ1n) is 12.5. The van der Waals surface area contributed by atoms with Crippen LogP contribution in [-0.2, 0) is 21.4 Å². The van der Waals surface area contributed by atoms with Crippen molar-refractivity contribution >= 4 is 5.91 Å². The lowest BCUT2D eigenvalue weighted by Gasteiger charge is -2.38. The summed E-state index contributed by atoms with van der Waals surface area (Å²) in [6.45, 7) is 16.6. The summed E-state index contributed by atoms with van der Waals surface area (Å²) in [4.78, 5) is 12.3. The topological polar surface area (TPSA) is 61.6 Å². The van der Waals surface area contributed by atoms with Gasteiger partial charge in [0.25, 0.3) is 0 Å². The molecule has 2 N–H and O–H groups in total. The zero-order valence-electron chi connectivity index (χ0n) is 22.1. The van der Waals surface area contributed by atoms with Crippen molar-refractivity contribution < 1.29 is 14.3 Å². The maximum atomic E-state index is 12.3. The molecule has 0 fully saturated rings. The smallest absolute Gasteiger partial charge is 0.224 e. The summed E-state index contributed by atoms with van der Waals surface area (Å²) in [5, 5.41) is 0. The molecule has 0 heterocycles. The zero-order valence-corrected chi connectivity index (χ0v) is 22.1. The Kier molecular flexibility index (Phi) is 11.8. The van der Waals surface area contributed by atoms with E-state index in [1.807, 2.05) is 0 Å². The molecular weight excluding hydrogens is 398 g/mol. The fourth-order valence-electron chi connectivity index (χ4n) is 4.88. The van der Waals surface area contributed by atoms with Crippen LogP contribution in [0.3, 0.4) is 0 Å². The van der Waals surface area contributed by atoms with E-state index in [2.05, 4.69) is 66.7 Å². The van der Waals surface area contributed by atoms with Crippen LogP contribution in [0.4, 0.5) is 0 Å². The normalized spacial score (nSPS) is 12.6. The molecule has 0 bridgehead atoms. The number of unbranched alkanes of at least 4 members (excludes halogenated alkanes) is 3. The van der Waals surface area contributed by atoms with Crippen molar-refractivity contribution in [2.24, 2.45) is 23.0 Å². The van der Waals surface area contributed by atoms with Crippen LogP contribution in [0.25, 0.3) is 0 Å². The van der Waals surface area contributed by atoms with Crippen LogP contribution in [0.5, 0.6) is 5.75 Å². The Labute approximate surface area is 197 Å². The maximum Gasteiger partial charge on any atom is 0.224 e. The summed E-state index contributed by atoms with van der Waals surface area (Å²) in [6.07, 6.45) is 7.32. The number of ether oxygens (including phenoxy) is 2. The van der Waals surface area contributed by atoms with Gasteiger partial charge in [0.05, 0.1) is 12.0 Å². The summed E-state index contributed by atoms with van der Waals surface area (Å²) < 4.78 is 11.3. The summed E-state index contributed by atoms with van der Waals surface area (Å²) in [5.74, 6) is 1.40. The van der Waals surface area contributed by atoms with E-state index in [1.54, 1.807) is 7.11 Å². The lowest BCUT2D eigenvalue weighted by Crippen LogP contribution is -2.45. The number of amides is 1. The van der Waals surface area contributed by atoms with Crippen molar-refractivity contribution in [3.05, 3.63) is 29.3 Å². The predicted molar refractivity (Wildman–Crippen MR) is 135 cm³/mol. The molecule has 0 radical (unpaired) electrons. The van der Waals surface area contributed by atoms with Crippen molar-refractivity contribution in [3.8, 4) is 5.75 Å². The SMILES string of the molecule is COCCCOc1cc(CCCCCCC(C(N)=O)(C(C)C)C(C)C)ccc1C(C)(C)C.